The summed E-state index contributed by atoms with van der Waals surface area (Å²) in [5, 5.41) is 16.5. The van der Waals surface area contributed by atoms with Gasteiger partial charge in [0, 0.05) is 21.5 Å². The molecular formula is C62H36O2. The van der Waals surface area contributed by atoms with Crippen molar-refractivity contribution >= 4 is 97.7 Å². The maximum absolute atomic E-state index is 6.75. The van der Waals surface area contributed by atoms with Crippen molar-refractivity contribution in [3.63, 3.8) is 0 Å². The van der Waals surface area contributed by atoms with Crippen molar-refractivity contribution in [3.05, 3.63) is 218 Å². The molecule has 0 atom stereocenters. The molecule has 296 valence electrons. The molecule has 14 aromatic rings. The van der Waals surface area contributed by atoms with Crippen LogP contribution in [0.3, 0.4) is 0 Å². The van der Waals surface area contributed by atoms with Gasteiger partial charge in [0.1, 0.15) is 22.3 Å². The van der Waals surface area contributed by atoms with Crippen LogP contribution in [0.5, 0.6) is 0 Å². The Labute approximate surface area is 367 Å². The predicted molar refractivity (Wildman–Crippen MR) is 270 cm³/mol. The van der Waals surface area contributed by atoms with E-state index in [0.717, 1.165) is 65.8 Å². The molecule has 12 aromatic carbocycles. The smallest absolute Gasteiger partial charge is 0.136 e. The fourth-order valence-electron chi connectivity index (χ4n) is 10.8. The fourth-order valence-corrected chi connectivity index (χ4v) is 10.8. The monoisotopic (exact) mass is 812 g/mol. The van der Waals surface area contributed by atoms with Gasteiger partial charge in [0.15, 0.2) is 0 Å². The molecule has 0 amide bonds. The molecule has 0 aliphatic carbocycles. The van der Waals surface area contributed by atoms with Gasteiger partial charge in [0.25, 0.3) is 0 Å². The number of hydrogen-bond acceptors (Lipinski definition) is 2. The summed E-state index contributed by atoms with van der Waals surface area (Å²) in [6.07, 6.45) is 0. The highest BCUT2D eigenvalue weighted by atomic mass is 16.3. The molecule has 2 heterocycles. The van der Waals surface area contributed by atoms with Crippen molar-refractivity contribution < 1.29 is 8.83 Å². The molecule has 0 N–H and O–H groups in total. The molecule has 0 bridgehead atoms. The SMILES string of the molecule is c1ccc(-c2c3ccccc3c(-c3ccc4c(c3)oc3cc5cc6oc7cc(-c8c9ccccc9c(-c9ccccc9)c9ccccc89)ccc7c6cc5cc34)c3ccccc23)cc1. The lowest BCUT2D eigenvalue weighted by Crippen LogP contribution is -1.90. The quantitative estimate of drug-likeness (QED) is 0.166. The number of rotatable bonds is 4. The molecule has 2 heteroatoms. The lowest BCUT2D eigenvalue weighted by molar-refractivity contribution is 0.669. The Bertz CT molecular complexity index is 3840. The summed E-state index contributed by atoms with van der Waals surface area (Å²) in [5.41, 5.74) is 13.2. The van der Waals surface area contributed by atoms with Crippen LogP contribution in [-0.2, 0) is 0 Å². The van der Waals surface area contributed by atoms with Gasteiger partial charge in [0.2, 0.25) is 0 Å². The summed E-state index contributed by atoms with van der Waals surface area (Å²) in [6.45, 7) is 0. The van der Waals surface area contributed by atoms with Crippen molar-refractivity contribution in [1.82, 2.24) is 0 Å². The first-order valence-corrected chi connectivity index (χ1v) is 22.0. The van der Waals surface area contributed by atoms with E-state index in [-0.39, 0.29) is 0 Å². The summed E-state index contributed by atoms with van der Waals surface area (Å²) in [5.74, 6) is 0. The van der Waals surface area contributed by atoms with E-state index < -0.39 is 0 Å². The molecule has 2 nitrogen and oxygen atoms in total. The molecule has 0 saturated heterocycles. The average molecular weight is 813 g/mol. The van der Waals surface area contributed by atoms with E-state index >= 15 is 0 Å². The highest BCUT2D eigenvalue weighted by Crippen LogP contribution is 2.47. The van der Waals surface area contributed by atoms with E-state index in [1.807, 2.05) is 0 Å². The Morgan fingerprint density at radius 3 is 0.812 bits per heavy atom. The van der Waals surface area contributed by atoms with Gasteiger partial charge in [-0.3, -0.25) is 0 Å². The molecule has 0 fully saturated rings. The van der Waals surface area contributed by atoms with Crippen molar-refractivity contribution in [2.24, 2.45) is 0 Å². The van der Waals surface area contributed by atoms with E-state index in [2.05, 4.69) is 218 Å². The van der Waals surface area contributed by atoms with Crippen molar-refractivity contribution in [2.75, 3.05) is 0 Å². The van der Waals surface area contributed by atoms with Crippen LogP contribution >= 0.6 is 0 Å². The lowest BCUT2D eigenvalue weighted by atomic mass is 9.86. The second-order valence-corrected chi connectivity index (χ2v) is 17.1. The zero-order chi connectivity index (χ0) is 41.9. The van der Waals surface area contributed by atoms with Gasteiger partial charge in [-0.15, -0.1) is 0 Å². The van der Waals surface area contributed by atoms with Gasteiger partial charge in [0.05, 0.1) is 0 Å². The largest absolute Gasteiger partial charge is 0.456 e. The third-order valence-electron chi connectivity index (χ3n) is 13.6. The van der Waals surface area contributed by atoms with Gasteiger partial charge >= 0.3 is 0 Å². The van der Waals surface area contributed by atoms with Crippen LogP contribution in [0.25, 0.3) is 142 Å². The minimum atomic E-state index is 0.865. The van der Waals surface area contributed by atoms with E-state index in [1.54, 1.807) is 0 Å². The molecule has 0 saturated carbocycles. The molecule has 0 spiro atoms. The highest BCUT2D eigenvalue weighted by molar-refractivity contribution is 6.24. The second-order valence-electron chi connectivity index (χ2n) is 17.1. The average Bonchev–Trinajstić information content (AvgIpc) is 3.89. The number of hydrogen-bond donors (Lipinski definition) is 0. The van der Waals surface area contributed by atoms with Gasteiger partial charge in [-0.25, -0.2) is 0 Å². The number of fused-ring (bicyclic) bond motifs is 11. The molecule has 0 aliphatic rings. The Balaban J connectivity index is 0.907. The van der Waals surface area contributed by atoms with Crippen LogP contribution in [-0.4, -0.2) is 0 Å². The van der Waals surface area contributed by atoms with Crippen molar-refractivity contribution in [1.29, 1.82) is 0 Å². The van der Waals surface area contributed by atoms with Gasteiger partial charge in [-0.05, 0) is 147 Å². The van der Waals surface area contributed by atoms with Crippen LogP contribution in [0.4, 0.5) is 0 Å². The standard InChI is InChI=1S/C62H36O2/c1-3-15-37(16-4-1)59-45-19-7-11-23-49(45)61(50-24-12-8-20-46(50)59)39-27-29-43-53-31-41-32-54-44-30-28-40(34-56(44)64-58(54)36-42(41)35-57(53)63-55(43)33-39)62-51-25-13-9-21-47(51)60(38-17-5-2-6-18-38)48-22-10-14-26-52(48)62/h1-36H. The van der Waals surface area contributed by atoms with Crippen LogP contribution in [0.2, 0.25) is 0 Å². The summed E-state index contributed by atoms with van der Waals surface area (Å²) >= 11 is 0. The number of benzene rings is 12. The van der Waals surface area contributed by atoms with Gasteiger partial charge in [-0.2, -0.15) is 0 Å². The third kappa shape index (κ3) is 5.14. The fraction of sp³-hybridized carbons (Fsp3) is 0. The first-order valence-electron chi connectivity index (χ1n) is 22.0. The van der Waals surface area contributed by atoms with E-state index in [4.69, 9.17) is 8.83 Å². The van der Waals surface area contributed by atoms with Gasteiger partial charge < -0.3 is 8.83 Å². The van der Waals surface area contributed by atoms with Gasteiger partial charge in [-0.1, -0.05) is 170 Å². The lowest BCUT2D eigenvalue weighted by Gasteiger charge is -2.17. The summed E-state index contributed by atoms with van der Waals surface area (Å²) in [4.78, 5) is 0. The topological polar surface area (TPSA) is 26.3 Å². The third-order valence-corrected chi connectivity index (χ3v) is 13.6. The molecule has 0 aliphatic heterocycles. The Morgan fingerprint density at radius 1 is 0.188 bits per heavy atom. The number of furan rings is 2. The van der Waals surface area contributed by atoms with Crippen LogP contribution in [0.15, 0.2) is 227 Å². The summed E-state index contributed by atoms with van der Waals surface area (Å²) in [7, 11) is 0. The van der Waals surface area contributed by atoms with Crippen LogP contribution in [0, 0.1) is 0 Å². The Kier molecular flexibility index (Phi) is 7.43. The first-order chi connectivity index (χ1) is 31.7. The zero-order valence-electron chi connectivity index (χ0n) is 34.6. The maximum atomic E-state index is 6.75. The van der Waals surface area contributed by atoms with Crippen molar-refractivity contribution in [3.8, 4) is 44.5 Å². The molecular weight excluding hydrogens is 777 g/mol. The zero-order valence-corrected chi connectivity index (χ0v) is 34.6. The normalized spacial score (nSPS) is 12.1. The maximum Gasteiger partial charge on any atom is 0.136 e. The van der Waals surface area contributed by atoms with Crippen LogP contribution in [0.1, 0.15) is 0 Å². The summed E-state index contributed by atoms with van der Waals surface area (Å²) < 4.78 is 13.5. The van der Waals surface area contributed by atoms with E-state index in [9.17, 15) is 0 Å². The van der Waals surface area contributed by atoms with Crippen LogP contribution < -0.4 is 0 Å². The first kappa shape index (κ1) is 35.2. The summed E-state index contributed by atoms with van der Waals surface area (Å²) in [6, 6.07) is 79.1. The Hall–Kier alpha value is -8.46. The minimum Gasteiger partial charge on any atom is -0.456 e. The molecule has 0 unspecified atom stereocenters. The molecule has 0 radical (unpaired) electrons. The van der Waals surface area contributed by atoms with E-state index in [1.165, 1.54) is 76.5 Å². The molecule has 2 aromatic heterocycles. The Morgan fingerprint density at radius 2 is 0.469 bits per heavy atom. The highest BCUT2D eigenvalue weighted by Gasteiger charge is 2.20. The minimum absolute atomic E-state index is 0.865. The second kappa shape index (κ2) is 13.5. The van der Waals surface area contributed by atoms with E-state index in [0.29, 0.717) is 0 Å². The molecule has 64 heavy (non-hydrogen) atoms. The predicted octanol–water partition coefficient (Wildman–Crippen LogP) is 17.9. The molecule has 14 rings (SSSR count). The van der Waals surface area contributed by atoms with Crippen molar-refractivity contribution in [2.45, 2.75) is 0 Å².